The summed E-state index contributed by atoms with van der Waals surface area (Å²) < 4.78 is 5.28. The van der Waals surface area contributed by atoms with Gasteiger partial charge in [0, 0.05) is 25.7 Å². The molecule has 0 aromatic carbocycles. The van der Waals surface area contributed by atoms with Crippen molar-refractivity contribution in [1.82, 2.24) is 15.3 Å². The molecule has 1 aliphatic rings. The van der Waals surface area contributed by atoms with E-state index in [1.165, 1.54) is 25.7 Å². The number of anilines is 2. The molecule has 0 atom stereocenters. The van der Waals surface area contributed by atoms with E-state index in [1.807, 2.05) is 13.0 Å². The van der Waals surface area contributed by atoms with E-state index in [2.05, 4.69) is 25.5 Å². The molecule has 1 aromatic rings. The number of hydrogen-bond acceptors (Lipinski definition) is 5. The quantitative estimate of drug-likeness (QED) is 0.826. The van der Waals surface area contributed by atoms with Gasteiger partial charge in [0.2, 0.25) is 11.8 Å². The third kappa shape index (κ3) is 4.70. The molecule has 0 saturated carbocycles. The van der Waals surface area contributed by atoms with Gasteiger partial charge in [-0.15, -0.1) is 0 Å². The van der Waals surface area contributed by atoms with Crippen LogP contribution < -0.4 is 20.3 Å². The molecule has 0 unspecified atom stereocenters. The van der Waals surface area contributed by atoms with E-state index in [0.29, 0.717) is 16.9 Å². The second kappa shape index (κ2) is 7.97. The van der Waals surface area contributed by atoms with Crippen molar-refractivity contribution in [2.75, 3.05) is 37.0 Å². The molecule has 1 saturated heterocycles. The van der Waals surface area contributed by atoms with Crippen LogP contribution >= 0.6 is 12.2 Å². The summed E-state index contributed by atoms with van der Waals surface area (Å²) in [4.78, 5) is 11.1. The first-order valence-electron chi connectivity index (χ1n) is 7.45. The van der Waals surface area contributed by atoms with E-state index < -0.39 is 0 Å². The summed E-state index contributed by atoms with van der Waals surface area (Å²) in [5.74, 6) is 1.91. The third-order valence-corrected chi connectivity index (χ3v) is 3.64. The molecular weight excluding hydrogens is 286 g/mol. The second-order valence-corrected chi connectivity index (χ2v) is 5.39. The lowest BCUT2D eigenvalue weighted by molar-refractivity contribution is 0.397. The van der Waals surface area contributed by atoms with Gasteiger partial charge < -0.3 is 20.3 Å². The number of rotatable bonds is 4. The minimum atomic E-state index is 0.472. The highest BCUT2D eigenvalue weighted by Gasteiger charge is 2.14. The monoisotopic (exact) mass is 309 g/mol. The summed E-state index contributed by atoms with van der Waals surface area (Å²) in [7, 11) is 1.61. The minimum absolute atomic E-state index is 0.472. The maximum Gasteiger partial charge on any atom is 0.234 e. The summed E-state index contributed by atoms with van der Waals surface area (Å²) in [5, 5.41) is 6.55. The molecule has 2 N–H and O–H groups in total. The number of nitrogens with zero attached hydrogens (tertiary/aromatic N) is 3. The number of methoxy groups -OCH3 is 1. The zero-order valence-electron chi connectivity index (χ0n) is 12.7. The normalized spacial score (nSPS) is 15.2. The van der Waals surface area contributed by atoms with Gasteiger partial charge in [0.05, 0.1) is 7.11 Å². The molecule has 21 heavy (non-hydrogen) atoms. The van der Waals surface area contributed by atoms with E-state index in [1.54, 1.807) is 7.11 Å². The number of nitrogens with one attached hydrogen (secondary N) is 2. The molecule has 0 spiro atoms. The molecule has 1 aromatic heterocycles. The van der Waals surface area contributed by atoms with Crippen LogP contribution in [0.15, 0.2) is 6.07 Å². The maximum atomic E-state index is 5.28. The lowest BCUT2D eigenvalue weighted by atomic mass is 10.2. The fraction of sp³-hybridized carbons (Fsp3) is 0.643. The second-order valence-electron chi connectivity index (χ2n) is 4.98. The highest BCUT2D eigenvalue weighted by atomic mass is 32.1. The van der Waals surface area contributed by atoms with Crippen molar-refractivity contribution >= 4 is 29.1 Å². The predicted molar refractivity (Wildman–Crippen MR) is 89.2 cm³/mol. The molecular formula is C14H23N5OS. The number of ether oxygens (including phenoxy) is 1. The van der Waals surface area contributed by atoms with E-state index >= 15 is 0 Å². The van der Waals surface area contributed by atoms with Crippen molar-refractivity contribution in [3.63, 3.8) is 0 Å². The van der Waals surface area contributed by atoms with Gasteiger partial charge in [-0.3, -0.25) is 0 Å². The van der Waals surface area contributed by atoms with Crippen LogP contribution in [0, 0.1) is 0 Å². The largest absolute Gasteiger partial charge is 0.481 e. The SMILES string of the molecule is CCNC(=S)Nc1nc(OC)cc(N2CCCCCC2)n1. The zero-order chi connectivity index (χ0) is 15.1. The molecule has 1 fully saturated rings. The highest BCUT2D eigenvalue weighted by Crippen LogP contribution is 2.22. The Hall–Kier alpha value is -1.63. The smallest absolute Gasteiger partial charge is 0.234 e. The first-order chi connectivity index (χ1) is 10.2. The minimum Gasteiger partial charge on any atom is -0.481 e. The van der Waals surface area contributed by atoms with Crippen LogP contribution in [0.2, 0.25) is 0 Å². The number of thiocarbonyl (C=S) groups is 1. The van der Waals surface area contributed by atoms with E-state index in [-0.39, 0.29) is 0 Å². The first-order valence-corrected chi connectivity index (χ1v) is 7.86. The van der Waals surface area contributed by atoms with Gasteiger partial charge in [-0.1, -0.05) is 12.8 Å². The Labute approximate surface area is 131 Å². The van der Waals surface area contributed by atoms with Crippen molar-refractivity contribution in [2.45, 2.75) is 32.6 Å². The van der Waals surface area contributed by atoms with Crippen molar-refractivity contribution in [3.8, 4) is 5.88 Å². The Kier molecular flexibility index (Phi) is 5.98. The summed E-state index contributed by atoms with van der Waals surface area (Å²) >= 11 is 5.18. The molecule has 7 heteroatoms. The van der Waals surface area contributed by atoms with Gasteiger partial charge in [0.15, 0.2) is 5.11 Å². The van der Waals surface area contributed by atoms with E-state index in [0.717, 1.165) is 25.5 Å². The highest BCUT2D eigenvalue weighted by molar-refractivity contribution is 7.80. The Morgan fingerprint density at radius 3 is 2.62 bits per heavy atom. The third-order valence-electron chi connectivity index (χ3n) is 3.39. The lowest BCUT2D eigenvalue weighted by Gasteiger charge is -2.22. The van der Waals surface area contributed by atoms with Gasteiger partial charge in [-0.25, -0.2) is 0 Å². The van der Waals surface area contributed by atoms with Crippen LogP contribution in [0.5, 0.6) is 5.88 Å². The molecule has 2 rings (SSSR count). The summed E-state index contributed by atoms with van der Waals surface area (Å²) in [6.07, 6.45) is 4.97. The molecule has 0 aliphatic carbocycles. The van der Waals surface area contributed by atoms with E-state index in [9.17, 15) is 0 Å². The average Bonchev–Trinajstić information content (AvgIpc) is 2.76. The summed E-state index contributed by atoms with van der Waals surface area (Å²) in [6.45, 7) is 4.80. The summed E-state index contributed by atoms with van der Waals surface area (Å²) in [5.41, 5.74) is 0. The fourth-order valence-corrected chi connectivity index (χ4v) is 2.58. The lowest BCUT2D eigenvalue weighted by Crippen LogP contribution is -2.30. The number of aromatic nitrogens is 2. The van der Waals surface area contributed by atoms with Crippen LogP contribution in [0.3, 0.4) is 0 Å². The molecule has 0 bridgehead atoms. The van der Waals surface area contributed by atoms with Gasteiger partial charge in [0.25, 0.3) is 0 Å². The van der Waals surface area contributed by atoms with Crippen molar-refractivity contribution in [2.24, 2.45) is 0 Å². The Morgan fingerprint density at radius 2 is 2.00 bits per heavy atom. The zero-order valence-corrected chi connectivity index (χ0v) is 13.5. The van der Waals surface area contributed by atoms with Crippen molar-refractivity contribution in [3.05, 3.63) is 6.07 Å². The van der Waals surface area contributed by atoms with Crippen molar-refractivity contribution in [1.29, 1.82) is 0 Å². The van der Waals surface area contributed by atoms with Crippen LogP contribution in [-0.4, -0.2) is 41.8 Å². The van der Waals surface area contributed by atoms with E-state index in [4.69, 9.17) is 17.0 Å². The fourth-order valence-electron chi connectivity index (χ4n) is 2.34. The first kappa shape index (κ1) is 15.8. The van der Waals surface area contributed by atoms with Crippen molar-refractivity contribution < 1.29 is 4.74 Å². The van der Waals surface area contributed by atoms with Crippen LogP contribution in [0.4, 0.5) is 11.8 Å². The molecule has 0 radical (unpaired) electrons. The average molecular weight is 309 g/mol. The van der Waals surface area contributed by atoms with Gasteiger partial charge in [-0.05, 0) is 32.0 Å². The summed E-state index contributed by atoms with van der Waals surface area (Å²) in [6, 6.07) is 1.88. The van der Waals surface area contributed by atoms with Gasteiger partial charge in [0.1, 0.15) is 5.82 Å². The maximum absolute atomic E-state index is 5.28. The molecule has 6 nitrogen and oxygen atoms in total. The molecule has 1 aliphatic heterocycles. The molecule has 116 valence electrons. The molecule has 0 amide bonds. The van der Waals surface area contributed by atoms with Crippen LogP contribution in [-0.2, 0) is 0 Å². The topological polar surface area (TPSA) is 62.3 Å². The molecule has 2 heterocycles. The van der Waals surface area contributed by atoms with Crippen LogP contribution in [0.1, 0.15) is 32.6 Å². The van der Waals surface area contributed by atoms with Gasteiger partial charge in [-0.2, -0.15) is 9.97 Å². The standard InChI is InChI=1S/C14H23N5OS/c1-3-15-14(21)18-13-16-11(10-12(17-13)20-2)19-8-6-4-5-7-9-19/h10H,3-9H2,1-2H3,(H2,15,16,17,18,21). The Bertz CT molecular complexity index is 474. The Balaban J connectivity index is 2.17. The predicted octanol–water partition coefficient (Wildman–Crippen LogP) is 2.17. The van der Waals surface area contributed by atoms with Gasteiger partial charge >= 0.3 is 0 Å². The Morgan fingerprint density at radius 1 is 1.29 bits per heavy atom. The number of hydrogen-bond donors (Lipinski definition) is 2. The van der Waals surface area contributed by atoms with Crippen LogP contribution in [0.25, 0.3) is 0 Å².